The van der Waals surface area contributed by atoms with Gasteiger partial charge in [-0.1, -0.05) is 24.3 Å². The van der Waals surface area contributed by atoms with Crippen molar-refractivity contribution in [1.29, 1.82) is 0 Å². The summed E-state index contributed by atoms with van der Waals surface area (Å²) >= 11 is 0. The van der Waals surface area contributed by atoms with Crippen molar-refractivity contribution in [3.05, 3.63) is 58.7 Å². The van der Waals surface area contributed by atoms with Crippen LogP contribution in [-0.2, 0) is 24.1 Å². The standard InChI is InChI=1S/C24H30N4O3/c29-21(13-28-8-7-17-3-1-2-4-19(17)12-28)11-25-24(30)22-10-20(9-16-14-31-15-16)26-23(27-22)18-5-6-18/h1-4,10,16,18,21,29H,5-9,11-15H2,(H,25,30)/t21-/m0/s1. The fraction of sp³-hybridized carbons (Fsp3) is 0.542. The maximum atomic E-state index is 12.8. The Hall–Kier alpha value is -2.35. The van der Waals surface area contributed by atoms with Gasteiger partial charge in [0.15, 0.2) is 0 Å². The van der Waals surface area contributed by atoms with Crippen LogP contribution in [0.25, 0.3) is 0 Å². The second-order valence-corrected chi connectivity index (χ2v) is 9.10. The van der Waals surface area contributed by atoms with Gasteiger partial charge in [0.25, 0.3) is 5.91 Å². The maximum absolute atomic E-state index is 12.8. The molecular formula is C24H30N4O3. The Kier molecular flexibility index (Phi) is 5.98. The summed E-state index contributed by atoms with van der Waals surface area (Å²) in [6.07, 6.45) is 3.38. The van der Waals surface area contributed by atoms with Crippen molar-refractivity contribution in [2.24, 2.45) is 5.92 Å². The van der Waals surface area contributed by atoms with E-state index in [9.17, 15) is 9.90 Å². The van der Waals surface area contributed by atoms with Crippen LogP contribution in [0.4, 0.5) is 0 Å². The fourth-order valence-corrected chi connectivity index (χ4v) is 4.33. The van der Waals surface area contributed by atoms with E-state index in [0.29, 0.717) is 24.1 Å². The Balaban J connectivity index is 1.16. The molecule has 7 heteroatoms. The average molecular weight is 423 g/mol. The van der Waals surface area contributed by atoms with Crippen molar-refractivity contribution in [2.45, 2.75) is 44.2 Å². The number of hydrogen-bond donors (Lipinski definition) is 2. The molecule has 2 aliphatic heterocycles. The third-order valence-corrected chi connectivity index (χ3v) is 6.35. The summed E-state index contributed by atoms with van der Waals surface area (Å²) in [6, 6.07) is 10.3. The lowest BCUT2D eigenvalue weighted by Gasteiger charge is -2.30. The monoisotopic (exact) mass is 422 g/mol. The minimum Gasteiger partial charge on any atom is -0.390 e. The lowest BCUT2D eigenvalue weighted by Crippen LogP contribution is -2.42. The van der Waals surface area contributed by atoms with Gasteiger partial charge in [0.1, 0.15) is 11.5 Å². The quantitative estimate of drug-likeness (QED) is 0.673. The minimum atomic E-state index is -0.620. The Morgan fingerprint density at radius 1 is 1.23 bits per heavy atom. The number of ether oxygens (including phenoxy) is 1. The molecule has 2 N–H and O–H groups in total. The summed E-state index contributed by atoms with van der Waals surface area (Å²) in [7, 11) is 0. The maximum Gasteiger partial charge on any atom is 0.270 e. The van der Waals surface area contributed by atoms with Gasteiger partial charge in [0.05, 0.1) is 19.3 Å². The molecule has 0 bridgehead atoms. The molecule has 1 saturated carbocycles. The van der Waals surface area contributed by atoms with Gasteiger partial charge < -0.3 is 15.2 Å². The van der Waals surface area contributed by atoms with Gasteiger partial charge >= 0.3 is 0 Å². The summed E-state index contributed by atoms with van der Waals surface area (Å²) in [5.74, 6) is 1.42. The number of nitrogens with one attached hydrogen (secondary N) is 1. The van der Waals surface area contributed by atoms with Crippen LogP contribution < -0.4 is 5.32 Å². The highest BCUT2D eigenvalue weighted by molar-refractivity contribution is 5.92. The number of rotatable bonds is 8. The first-order valence-corrected chi connectivity index (χ1v) is 11.3. The van der Waals surface area contributed by atoms with Gasteiger partial charge in [-0.2, -0.15) is 0 Å². The van der Waals surface area contributed by atoms with E-state index in [4.69, 9.17) is 4.74 Å². The third-order valence-electron chi connectivity index (χ3n) is 6.35. The lowest BCUT2D eigenvalue weighted by molar-refractivity contribution is -0.0316. The van der Waals surface area contributed by atoms with E-state index in [2.05, 4.69) is 44.5 Å². The molecule has 1 aromatic carbocycles. The number of aliphatic hydroxyl groups excluding tert-OH is 1. The number of amides is 1. The van der Waals surface area contributed by atoms with Gasteiger partial charge in [-0.3, -0.25) is 9.69 Å². The lowest BCUT2D eigenvalue weighted by atomic mass is 10.00. The third kappa shape index (κ3) is 5.11. The smallest absolute Gasteiger partial charge is 0.270 e. The van der Waals surface area contributed by atoms with E-state index in [1.165, 1.54) is 11.1 Å². The molecule has 31 heavy (non-hydrogen) atoms. The summed E-state index contributed by atoms with van der Waals surface area (Å²) in [4.78, 5) is 24.2. The fourth-order valence-electron chi connectivity index (χ4n) is 4.33. The van der Waals surface area contributed by atoms with Crippen molar-refractivity contribution in [2.75, 3.05) is 32.8 Å². The van der Waals surface area contributed by atoms with E-state index in [-0.39, 0.29) is 12.5 Å². The second-order valence-electron chi connectivity index (χ2n) is 9.10. The first kappa shape index (κ1) is 20.5. The zero-order chi connectivity index (χ0) is 21.2. The van der Waals surface area contributed by atoms with E-state index < -0.39 is 6.10 Å². The van der Waals surface area contributed by atoms with E-state index in [1.807, 2.05) is 0 Å². The Morgan fingerprint density at radius 2 is 2.03 bits per heavy atom. The molecule has 1 amide bonds. The van der Waals surface area contributed by atoms with Crippen molar-refractivity contribution >= 4 is 5.91 Å². The molecule has 3 heterocycles. The highest BCUT2D eigenvalue weighted by Crippen LogP contribution is 2.38. The normalized spacial score (nSPS) is 20.0. The number of nitrogens with zero attached hydrogens (tertiary/aromatic N) is 3. The Bertz CT molecular complexity index is 942. The van der Waals surface area contributed by atoms with Crippen molar-refractivity contribution in [3.8, 4) is 0 Å². The molecule has 1 atom stereocenters. The predicted molar refractivity (Wildman–Crippen MR) is 116 cm³/mol. The van der Waals surface area contributed by atoms with Gasteiger partial charge in [-0.25, -0.2) is 9.97 Å². The summed E-state index contributed by atoms with van der Waals surface area (Å²) in [6.45, 7) is 4.04. The SMILES string of the molecule is O=C(NC[C@H](O)CN1CCc2ccccc2C1)c1cc(CC2COC2)nc(C2CC2)n1. The van der Waals surface area contributed by atoms with E-state index in [0.717, 1.165) is 63.5 Å². The van der Waals surface area contributed by atoms with Crippen LogP contribution in [0.15, 0.2) is 30.3 Å². The molecule has 0 spiro atoms. The van der Waals surface area contributed by atoms with Crippen molar-refractivity contribution < 1.29 is 14.6 Å². The number of hydrogen-bond acceptors (Lipinski definition) is 6. The molecule has 0 unspecified atom stereocenters. The summed E-state index contributed by atoms with van der Waals surface area (Å²) < 4.78 is 5.27. The summed E-state index contributed by atoms with van der Waals surface area (Å²) in [5.41, 5.74) is 4.04. The molecule has 7 nitrogen and oxygen atoms in total. The molecule has 3 aliphatic rings. The Labute approximate surface area is 182 Å². The van der Waals surface area contributed by atoms with Gasteiger partial charge in [-0.05, 0) is 42.9 Å². The molecule has 5 rings (SSSR count). The van der Waals surface area contributed by atoms with Gasteiger partial charge in [-0.15, -0.1) is 0 Å². The zero-order valence-electron chi connectivity index (χ0n) is 17.8. The number of benzene rings is 1. The van der Waals surface area contributed by atoms with Crippen molar-refractivity contribution in [1.82, 2.24) is 20.2 Å². The molecule has 1 saturated heterocycles. The number of carbonyl (C=O) groups is 1. The van der Waals surface area contributed by atoms with Crippen LogP contribution >= 0.6 is 0 Å². The molecular weight excluding hydrogens is 392 g/mol. The van der Waals surface area contributed by atoms with Crippen LogP contribution in [0, 0.1) is 5.92 Å². The van der Waals surface area contributed by atoms with Crippen LogP contribution in [0.5, 0.6) is 0 Å². The van der Waals surface area contributed by atoms with Gasteiger partial charge in [0.2, 0.25) is 0 Å². The predicted octanol–water partition coefficient (Wildman–Crippen LogP) is 1.69. The van der Waals surface area contributed by atoms with Crippen molar-refractivity contribution in [3.63, 3.8) is 0 Å². The minimum absolute atomic E-state index is 0.214. The van der Waals surface area contributed by atoms with E-state index in [1.54, 1.807) is 6.07 Å². The molecule has 2 fully saturated rings. The average Bonchev–Trinajstić information content (AvgIpc) is 3.60. The van der Waals surface area contributed by atoms with Crippen LogP contribution in [0.2, 0.25) is 0 Å². The number of fused-ring (bicyclic) bond motifs is 1. The molecule has 1 aromatic heterocycles. The second kappa shape index (κ2) is 9.02. The Morgan fingerprint density at radius 3 is 2.77 bits per heavy atom. The summed E-state index contributed by atoms with van der Waals surface area (Å²) in [5, 5.41) is 13.4. The molecule has 2 aromatic rings. The number of β-amino-alcohol motifs (C(OH)–C–C–N with tert-alkyl or cyclic N) is 1. The first-order chi connectivity index (χ1) is 15.1. The van der Waals surface area contributed by atoms with Crippen LogP contribution in [0.1, 0.15) is 51.9 Å². The number of aromatic nitrogens is 2. The number of aliphatic hydroxyl groups is 1. The highest BCUT2D eigenvalue weighted by atomic mass is 16.5. The highest BCUT2D eigenvalue weighted by Gasteiger charge is 2.29. The van der Waals surface area contributed by atoms with Crippen LogP contribution in [0.3, 0.4) is 0 Å². The number of carbonyl (C=O) groups excluding carboxylic acids is 1. The zero-order valence-corrected chi connectivity index (χ0v) is 17.8. The topological polar surface area (TPSA) is 87.6 Å². The largest absolute Gasteiger partial charge is 0.390 e. The molecule has 1 aliphatic carbocycles. The molecule has 164 valence electrons. The first-order valence-electron chi connectivity index (χ1n) is 11.3. The van der Waals surface area contributed by atoms with Gasteiger partial charge in [0, 0.05) is 43.7 Å². The van der Waals surface area contributed by atoms with E-state index >= 15 is 0 Å². The molecule has 0 radical (unpaired) electrons. The van der Waals surface area contributed by atoms with Crippen LogP contribution in [-0.4, -0.2) is 64.8 Å².